The molecule has 3 N–H and O–H groups in total. The van der Waals surface area contributed by atoms with Crippen LogP contribution in [-0.2, 0) is 77.8 Å². The molecule has 5 aliphatic heterocycles. The summed E-state index contributed by atoms with van der Waals surface area (Å²) in [4.78, 5) is 111. The van der Waals surface area contributed by atoms with Gasteiger partial charge < -0.3 is 34.6 Å². The highest BCUT2D eigenvalue weighted by molar-refractivity contribution is 8.00. The van der Waals surface area contributed by atoms with E-state index in [2.05, 4.69) is 16.7 Å². The molecule has 2 unspecified atom stereocenters. The minimum absolute atomic E-state index is 0.0152. The molecule has 19 nitrogen and oxygen atoms in total. The number of aryl methyl sites for hydroxylation is 2. The predicted octanol–water partition coefficient (Wildman–Crippen LogP) is 8.50. The molecule has 5 heterocycles. The summed E-state index contributed by atoms with van der Waals surface area (Å²) in [5.74, 6) is -1.86. The number of para-hydroxylation sites is 2. The number of Topliss-reactive ketones (excluding diaryl/α,β-unsaturated/α-hetero) is 2. The molecule has 10 rings (SSSR count). The second-order valence-corrected chi connectivity index (χ2v) is 25.8. The normalized spacial score (nSPS) is 19.3. The lowest BCUT2D eigenvalue weighted by Gasteiger charge is -2.27. The van der Waals surface area contributed by atoms with Crippen molar-refractivity contribution in [3.63, 3.8) is 0 Å². The van der Waals surface area contributed by atoms with Gasteiger partial charge in [0.25, 0.3) is 21.9 Å². The fraction of sp³-hybridized carbons (Fsp3) is 0.415. The van der Waals surface area contributed by atoms with Gasteiger partial charge in [-0.1, -0.05) is 43.3 Å². The van der Waals surface area contributed by atoms with Gasteiger partial charge in [-0.05, 0) is 165 Å². The molecule has 0 spiro atoms. The number of hydrogen-bond acceptors (Lipinski definition) is 14. The van der Waals surface area contributed by atoms with Crippen LogP contribution in [0.4, 0.5) is 17.1 Å². The number of thioether (sulfide) groups is 1. The van der Waals surface area contributed by atoms with E-state index in [1.54, 1.807) is 69.5 Å². The Morgan fingerprint density at radius 2 is 1.35 bits per heavy atom. The zero-order valence-electron chi connectivity index (χ0n) is 48.9. The highest BCUT2D eigenvalue weighted by Gasteiger charge is 2.47. The van der Waals surface area contributed by atoms with Crippen LogP contribution in [0.2, 0.25) is 0 Å². The number of carbonyl (C=O) groups excluding carboxylic acids is 8. The molecule has 0 aromatic heterocycles. The van der Waals surface area contributed by atoms with Crippen LogP contribution in [0.5, 0.6) is 17.2 Å². The Morgan fingerprint density at radius 1 is 0.721 bits per heavy atom. The lowest BCUT2D eigenvalue weighted by molar-refractivity contribution is -0.138. The monoisotopic (exact) mass is 1210 g/mol. The van der Waals surface area contributed by atoms with Gasteiger partial charge in [0.05, 0.1) is 24.4 Å². The van der Waals surface area contributed by atoms with Crippen LogP contribution < -0.4 is 34.6 Å². The number of benzene rings is 5. The van der Waals surface area contributed by atoms with Gasteiger partial charge >= 0.3 is 0 Å². The molecule has 0 saturated carbocycles. The van der Waals surface area contributed by atoms with Gasteiger partial charge in [-0.2, -0.15) is 20.2 Å². The van der Waals surface area contributed by atoms with Crippen LogP contribution in [0.3, 0.4) is 0 Å². The smallest absolute Gasteiger partial charge is 0.270 e. The number of ether oxygens (including phenoxy) is 3. The van der Waals surface area contributed by atoms with Crippen LogP contribution in [0.15, 0.2) is 91.0 Å². The number of fused-ring (bicyclic) bond motifs is 8. The van der Waals surface area contributed by atoms with Crippen molar-refractivity contribution in [3.05, 3.63) is 141 Å². The molecule has 1 saturated heterocycles. The lowest BCUT2D eigenvalue weighted by Crippen LogP contribution is -2.47. The van der Waals surface area contributed by atoms with Crippen molar-refractivity contribution in [2.24, 2.45) is 5.92 Å². The summed E-state index contributed by atoms with van der Waals surface area (Å²) in [6.45, 7) is 5.06. The third kappa shape index (κ3) is 13.2. The van der Waals surface area contributed by atoms with Crippen molar-refractivity contribution in [1.82, 2.24) is 10.2 Å². The zero-order chi connectivity index (χ0) is 61.1. The average Bonchev–Trinajstić information content (AvgIpc) is 1.66. The number of methoxy groups -OCH3 is 1. The van der Waals surface area contributed by atoms with E-state index in [1.165, 1.54) is 28.7 Å². The Balaban J connectivity index is 0.808. The van der Waals surface area contributed by atoms with E-state index < -0.39 is 39.3 Å². The number of carbonyl (C=O) groups is 8. The summed E-state index contributed by atoms with van der Waals surface area (Å²) in [5.41, 5.74) is 7.66. The van der Waals surface area contributed by atoms with Gasteiger partial charge in [0.1, 0.15) is 30.0 Å². The van der Waals surface area contributed by atoms with Crippen molar-refractivity contribution in [1.29, 1.82) is 0 Å². The number of amides is 6. The molecule has 6 atom stereocenters. The third-order valence-corrected chi connectivity index (χ3v) is 19.3. The standard InChI is InChI=1S/C65H71N5O14S2/c1-37-23-49-45(32-59(86(79,80)81)53-29-44-14-7-10-18-52(44)70(53)64(49)77)31-55(37)83-35-40-25-41(36-84-57-30-42-20-21-47-28-43-13-6-9-17-51(43)69(47)63(76)50(42)33-56(57)82-4)27-46(26-40)67-62(75)38(2)24-54(72)39(3)66-60(73)19-11-8-15-48(71)16-12-22-68-61(74)34-58(85-5)65(68)78/h6-7,9-10,13-14,17-18,23,25-27,30-31,33,38-39,47,53,58-59H,8,11-12,15-16,19-22,24,28-29,32,34-36H2,1-5H3,(H,66,73)(H,67,75)(H,79,80,81)/t38-,39+,47-,53+,58?,59?/m1/s1. The van der Waals surface area contributed by atoms with Crippen LogP contribution >= 0.6 is 11.8 Å². The van der Waals surface area contributed by atoms with Crippen molar-refractivity contribution in [2.45, 2.75) is 146 Å². The number of ketones is 2. The maximum atomic E-state index is 14.3. The van der Waals surface area contributed by atoms with E-state index in [-0.39, 0.29) is 117 Å². The SMILES string of the molecule is COc1cc2c(cc1OCc1cc(COc3cc4c(cc3C)C(=O)N3c5ccccc5C[C@H]3C(S(=O)(=O)O)C4)cc(NC(=O)[C@H](C)CC(=O)[C@H](C)NC(=O)CCCCC(=O)CCCN3C(=O)CC(SC)C3=O)c1)CC[C@@H]1Cc3ccccc3N1C2=O. The van der Waals surface area contributed by atoms with E-state index in [0.717, 1.165) is 35.2 Å². The second kappa shape index (κ2) is 26.0. The number of nitrogens with one attached hydrogen (secondary N) is 2. The molecule has 0 bridgehead atoms. The van der Waals surface area contributed by atoms with Gasteiger partial charge in [-0.25, -0.2) is 0 Å². The summed E-state index contributed by atoms with van der Waals surface area (Å²) >= 11 is 1.34. The summed E-state index contributed by atoms with van der Waals surface area (Å²) in [6, 6.07) is 25.6. The first kappa shape index (κ1) is 61.2. The molecule has 1 fully saturated rings. The molecule has 0 aliphatic carbocycles. The first-order valence-corrected chi connectivity index (χ1v) is 32.0. The van der Waals surface area contributed by atoms with E-state index in [4.69, 9.17) is 14.2 Å². The summed E-state index contributed by atoms with van der Waals surface area (Å²) < 4.78 is 55.5. The van der Waals surface area contributed by atoms with E-state index >= 15 is 0 Å². The summed E-state index contributed by atoms with van der Waals surface area (Å²) in [6.07, 6.45) is 5.82. The quantitative estimate of drug-likeness (QED) is 0.0297. The lowest BCUT2D eigenvalue weighted by atomic mass is 9.97. The van der Waals surface area contributed by atoms with Crippen LogP contribution in [0, 0.1) is 12.8 Å². The maximum absolute atomic E-state index is 14.3. The van der Waals surface area contributed by atoms with Crippen molar-refractivity contribution in [2.75, 3.05) is 35.0 Å². The topological polar surface area (TPSA) is 252 Å². The first-order valence-electron chi connectivity index (χ1n) is 29.2. The molecule has 452 valence electrons. The molecular formula is C65H71N5O14S2. The van der Waals surface area contributed by atoms with Crippen LogP contribution in [0.25, 0.3) is 0 Å². The molecule has 5 aromatic rings. The minimum atomic E-state index is -4.64. The zero-order valence-corrected chi connectivity index (χ0v) is 50.5. The maximum Gasteiger partial charge on any atom is 0.270 e. The Hall–Kier alpha value is -7.88. The second-order valence-electron chi connectivity index (χ2n) is 23.1. The highest BCUT2D eigenvalue weighted by atomic mass is 32.2. The Kier molecular flexibility index (Phi) is 18.5. The van der Waals surface area contributed by atoms with Crippen molar-refractivity contribution in [3.8, 4) is 17.2 Å². The van der Waals surface area contributed by atoms with Crippen LogP contribution in [0.1, 0.15) is 131 Å². The number of nitrogens with zero attached hydrogens (tertiary/aromatic N) is 3. The molecule has 5 aliphatic rings. The largest absolute Gasteiger partial charge is 0.493 e. The summed E-state index contributed by atoms with van der Waals surface area (Å²) in [5, 5.41) is 3.99. The van der Waals surface area contributed by atoms with Gasteiger partial charge in [-0.3, -0.25) is 47.8 Å². The molecule has 21 heteroatoms. The highest BCUT2D eigenvalue weighted by Crippen LogP contribution is 2.43. The molecular weight excluding hydrogens is 1140 g/mol. The fourth-order valence-electron chi connectivity index (χ4n) is 12.5. The van der Waals surface area contributed by atoms with E-state index in [9.17, 15) is 51.3 Å². The third-order valence-electron chi connectivity index (χ3n) is 17.1. The van der Waals surface area contributed by atoms with E-state index in [0.29, 0.717) is 87.7 Å². The molecule has 0 radical (unpaired) electrons. The number of anilines is 3. The number of rotatable bonds is 24. The number of likely N-dealkylation sites (tertiary alicyclic amines) is 1. The van der Waals surface area contributed by atoms with E-state index in [1.807, 2.05) is 47.4 Å². The predicted molar refractivity (Wildman–Crippen MR) is 324 cm³/mol. The molecule has 5 aromatic carbocycles. The van der Waals surface area contributed by atoms with Gasteiger partial charge in [0.15, 0.2) is 17.3 Å². The molecule has 86 heavy (non-hydrogen) atoms. The van der Waals surface area contributed by atoms with Gasteiger partial charge in [-0.15, -0.1) is 0 Å². The summed E-state index contributed by atoms with van der Waals surface area (Å²) in [7, 11) is -3.13. The van der Waals surface area contributed by atoms with Gasteiger partial charge in [0, 0.05) is 78.8 Å². The Labute approximate surface area is 504 Å². The van der Waals surface area contributed by atoms with Crippen LogP contribution in [-0.4, -0.2) is 113 Å². The number of imide groups is 1. The average molecular weight is 1210 g/mol. The first-order chi connectivity index (χ1) is 41.2. The van der Waals surface area contributed by atoms with Crippen molar-refractivity contribution < 1.29 is 65.5 Å². The fourth-order valence-corrected chi connectivity index (χ4v) is 14.1. The minimum Gasteiger partial charge on any atom is -0.493 e. The Bertz CT molecular complexity index is 3660. The number of hydrogen-bond donors (Lipinski definition) is 3. The Morgan fingerprint density at radius 3 is 2.03 bits per heavy atom. The molecule has 6 amide bonds. The van der Waals surface area contributed by atoms with Crippen molar-refractivity contribution >= 4 is 86.0 Å². The van der Waals surface area contributed by atoms with Gasteiger partial charge in [0.2, 0.25) is 23.6 Å². The number of unbranched alkanes of at least 4 members (excludes halogenated alkanes) is 1.